The van der Waals surface area contributed by atoms with Crippen molar-refractivity contribution in [2.75, 3.05) is 23.7 Å². The highest BCUT2D eigenvalue weighted by atomic mass is 32.1. The molecule has 3 amide bonds. The molecule has 0 aliphatic carbocycles. The minimum absolute atomic E-state index is 0.166. The van der Waals surface area contributed by atoms with Gasteiger partial charge in [0.05, 0.1) is 11.1 Å². The molecule has 4 rings (SSSR count). The number of carbonyl (C=O) groups excluding carboxylic acids is 3. The van der Waals surface area contributed by atoms with Crippen LogP contribution in [0.25, 0.3) is 0 Å². The van der Waals surface area contributed by atoms with Crippen LogP contribution in [0.2, 0.25) is 0 Å². The van der Waals surface area contributed by atoms with E-state index in [1.54, 1.807) is 24.3 Å². The molecule has 33 heavy (non-hydrogen) atoms. The Bertz CT molecular complexity index is 1150. The van der Waals surface area contributed by atoms with Gasteiger partial charge in [-0.15, -0.1) is 10.2 Å². The minimum Gasteiger partial charge on any atom is -0.354 e. The predicted molar refractivity (Wildman–Crippen MR) is 123 cm³/mol. The van der Waals surface area contributed by atoms with E-state index in [2.05, 4.69) is 30.8 Å². The zero-order valence-electron chi connectivity index (χ0n) is 18.3. The molecule has 0 bridgehead atoms. The SMILES string of the molecule is Cc1cc(C)nc(NCCCC(=O)Nc2nnc(CCN3C(=O)c4ccccc4C3=O)s2)n1. The molecule has 0 fully saturated rings. The van der Waals surface area contributed by atoms with E-state index < -0.39 is 0 Å². The standard InChI is InChI=1S/C22H23N7O3S/c1-13-12-14(2)25-21(24-13)23-10-5-8-17(30)26-22-28-27-18(33-22)9-11-29-19(31)15-6-3-4-7-16(15)20(29)32/h3-4,6-7,12H,5,8-11H2,1-2H3,(H,23,24,25)(H,26,28,30). The van der Waals surface area contributed by atoms with E-state index in [0.717, 1.165) is 11.4 Å². The van der Waals surface area contributed by atoms with Gasteiger partial charge in [0.2, 0.25) is 17.0 Å². The fourth-order valence-electron chi connectivity index (χ4n) is 3.49. The average Bonchev–Trinajstić information content (AvgIpc) is 3.32. The first-order valence-corrected chi connectivity index (χ1v) is 11.4. The number of hydrogen-bond acceptors (Lipinski definition) is 9. The van der Waals surface area contributed by atoms with Crippen molar-refractivity contribution in [2.24, 2.45) is 0 Å². The van der Waals surface area contributed by atoms with Crippen molar-refractivity contribution < 1.29 is 14.4 Å². The van der Waals surface area contributed by atoms with E-state index in [4.69, 9.17) is 0 Å². The number of aromatic nitrogens is 4. The van der Waals surface area contributed by atoms with Gasteiger partial charge in [-0.05, 0) is 38.5 Å². The third kappa shape index (κ3) is 5.37. The molecule has 0 atom stereocenters. The van der Waals surface area contributed by atoms with Crippen molar-refractivity contribution >= 4 is 40.1 Å². The lowest BCUT2D eigenvalue weighted by molar-refractivity contribution is -0.116. The number of anilines is 2. The van der Waals surface area contributed by atoms with Gasteiger partial charge < -0.3 is 10.6 Å². The van der Waals surface area contributed by atoms with Gasteiger partial charge in [0, 0.05) is 37.3 Å². The summed E-state index contributed by atoms with van der Waals surface area (Å²) in [7, 11) is 0. The number of amides is 3. The normalized spacial score (nSPS) is 12.7. The second kappa shape index (κ2) is 9.82. The molecule has 0 radical (unpaired) electrons. The Hall–Kier alpha value is -3.73. The van der Waals surface area contributed by atoms with Crippen LogP contribution in [0.1, 0.15) is 50.0 Å². The summed E-state index contributed by atoms with van der Waals surface area (Å²) in [5.41, 5.74) is 2.62. The van der Waals surface area contributed by atoms with Crippen LogP contribution in [-0.4, -0.2) is 55.9 Å². The van der Waals surface area contributed by atoms with Crippen LogP contribution in [0.3, 0.4) is 0 Å². The van der Waals surface area contributed by atoms with Gasteiger partial charge >= 0.3 is 0 Å². The summed E-state index contributed by atoms with van der Waals surface area (Å²) in [6.45, 7) is 4.59. The van der Waals surface area contributed by atoms with E-state index in [1.165, 1.54) is 16.2 Å². The van der Waals surface area contributed by atoms with E-state index in [1.807, 2.05) is 19.9 Å². The molecule has 170 valence electrons. The highest BCUT2D eigenvalue weighted by molar-refractivity contribution is 7.15. The van der Waals surface area contributed by atoms with Crippen molar-refractivity contribution in [1.82, 2.24) is 25.1 Å². The molecule has 0 saturated heterocycles. The molecule has 2 aromatic heterocycles. The Morgan fingerprint density at radius 1 is 1.03 bits per heavy atom. The highest BCUT2D eigenvalue weighted by Crippen LogP contribution is 2.23. The van der Waals surface area contributed by atoms with E-state index in [0.29, 0.717) is 53.0 Å². The fraction of sp³-hybridized carbons (Fsp3) is 0.318. The Morgan fingerprint density at radius 2 is 1.70 bits per heavy atom. The van der Waals surface area contributed by atoms with Crippen LogP contribution in [0.4, 0.5) is 11.1 Å². The summed E-state index contributed by atoms with van der Waals surface area (Å²) in [4.78, 5) is 46.9. The van der Waals surface area contributed by atoms with Gasteiger partial charge in [-0.25, -0.2) is 9.97 Å². The number of imide groups is 1. The Balaban J connectivity index is 1.21. The molecular weight excluding hydrogens is 442 g/mol. The number of carbonyl (C=O) groups is 3. The van der Waals surface area contributed by atoms with Gasteiger partial charge in [-0.1, -0.05) is 23.5 Å². The number of nitrogens with one attached hydrogen (secondary N) is 2. The Morgan fingerprint density at radius 3 is 2.36 bits per heavy atom. The number of nitrogens with zero attached hydrogens (tertiary/aromatic N) is 5. The van der Waals surface area contributed by atoms with Crippen LogP contribution in [0, 0.1) is 13.8 Å². The summed E-state index contributed by atoms with van der Waals surface area (Å²) in [6.07, 6.45) is 1.29. The number of benzene rings is 1. The fourth-order valence-corrected chi connectivity index (χ4v) is 4.24. The van der Waals surface area contributed by atoms with Gasteiger partial charge in [0.1, 0.15) is 5.01 Å². The van der Waals surface area contributed by atoms with Gasteiger partial charge in [0.15, 0.2) is 0 Å². The van der Waals surface area contributed by atoms with Crippen molar-refractivity contribution in [1.29, 1.82) is 0 Å². The van der Waals surface area contributed by atoms with Crippen molar-refractivity contribution in [2.45, 2.75) is 33.1 Å². The van der Waals surface area contributed by atoms with Crippen LogP contribution < -0.4 is 10.6 Å². The number of rotatable bonds is 9. The lowest BCUT2D eigenvalue weighted by Gasteiger charge is -2.12. The summed E-state index contributed by atoms with van der Waals surface area (Å²) in [6, 6.07) is 8.67. The summed E-state index contributed by atoms with van der Waals surface area (Å²) in [5.74, 6) is -0.206. The maximum Gasteiger partial charge on any atom is 0.261 e. The Kier molecular flexibility index (Phi) is 6.68. The lowest BCUT2D eigenvalue weighted by atomic mass is 10.1. The molecule has 10 nitrogen and oxygen atoms in total. The maximum atomic E-state index is 12.4. The predicted octanol–water partition coefficient (Wildman–Crippen LogP) is 2.61. The van der Waals surface area contributed by atoms with Crippen molar-refractivity contribution in [3.05, 3.63) is 57.9 Å². The average molecular weight is 466 g/mol. The molecule has 2 N–H and O–H groups in total. The molecule has 1 aromatic carbocycles. The topological polar surface area (TPSA) is 130 Å². The molecule has 3 heterocycles. The molecule has 3 aromatic rings. The van der Waals surface area contributed by atoms with Gasteiger partial charge in [-0.2, -0.15) is 0 Å². The third-order valence-electron chi connectivity index (χ3n) is 4.99. The molecule has 0 unspecified atom stereocenters. The smallest absolute Gasteiger partial charge is 0.261 e. The van der Waals surface area contributed by atoms with E-state index in [9.17, 15) is 14.4 Å². The quantitative estimate of drug-likeness (QED) is 0.364. The summed E-state index contributed by atoms with van der Waals surface area (Å²) in [5, 5.41) is 14.9. The number of hydrogen-bond donors (Lipinski definition) is 2. The van der Waals surface area contributed by atoms with Crippen LogP contribution in [0.5, 0.6) is 0 Å². The van der Waals surface area contributed by atoms with Crippen molar-refractivity contribution in [3.8, 4) is 0 Å². The van der Waals surface area contributed by atoms with Crippen LogP contribution in [-0.2, 0) is 11.2 Å². The van der Waals surface area contributed by atoms with Crippen LogP contribution >= 0.6 is 11.3 Å². The van der Waals surface area contributed by atoms with E-state index in [-0.39, 0.29) is 24.3 Å². The van der Waals surface area contributed by atoms with Crippen LogP contribution in [0.15, 0.2) is 30.3 Å². The summed E-state index contributed by atoms with van der Waals surface area (Å²) < 4.78 is 0. The molecular formula is C22H23N7O3S. The minimum atomic E-state index is -0.298. The van der Waals surface area contributed by atoms with E-state index >= 15 is 0 Å². The zero-order chi connectivity index (χ0) is 23.4. The third-order valence-corrected chi connectivity index (χ3v) is 5.89. The first-order valence-electron chi connectivity index (χ1n) is 10.5. The number of aryl methyl sites for hydroxylation is 2. The molecule has 1 aliphatic rings. The zero-order valence-corrected chi connectivity index (χ0v) is 19.1. The first kappa shape index (κ1) is 22.5. The molecule has 11 heteroatoms. The second-order valence-electron chi connectivity index (χ2n) is 7.61. The molecule has 0 spiro atoms. The second-order valence-corrected chi connectivity index (χ2v) is 8.67. The monoisotopic (exact) mass is 465 g/mol. The molecule has 0 saturated carbocycles. The summed E-state index contributed by atoms with van der Waals surface area (Å²) >= 11 is 1.23. The highest BCUT2D eigenvalue weighted by Gasteiger charge is 2.34. The lowest BCUT2D eigenvalue weighted by Crippen LogP contribution is -2.31. The van der Waals surface area contributed by atoms with Gasteiger partial charge in [0.25, 0.3) is 11.8 Å². The molecule has 1 aliphatic heterocycles. The largest absolute Gasteiger partial charge is 0.354 e. The van der Waals surface area contributed by atoms with Crippen molar-refractivity contribution in [3.63, 3.8) is 0 Å². The first-order chi connectivity index (χ1) is 15.9. The van der Waals surface area contributed by atoms with Gasteiger partial charge in [-0.3, -0.25) is 19.3 Å². The maximum absolute atomic E-state index is 12.4. The Labute approximate surface area is 194 Å². The number of fused-ring (bicyclic) bond motifs is 1.